The van der Waals surface area contributed by atoms with E-state index in [0.29, 0.717) is 16.6 Å². The molecule has 1 aliphatic heterocycles. The predicted octanol–water partition coefficient (Wildman–Crippen LogP) is 5.74. The molecule has 0 radical (unpaired) electrons. The standard InChI is InChI=1S/C30H26BrN3O3/c1-3-16(2)25-23(17-9-8-10-18(31)15-17)24(26(35)29-32-21-13-6-7-14-22(21)33-29)30(34-25)27(36)19-11-4-5-12-20(19)28(30)37/h4-16,23-25,34H,3H2,1-2H3,(H,32,33). The van der Waals surface area contributed by atoms with Crippen molar-refractivity contribution in [1.82, 2.24) is 15.3 Å². The summed E-state index contributed by atoms with van der Waals surface area (Å²) < 4.78 is 0.871. The molecule has 2 heterocycles. The Bertz CT molecular complexity index is 1510. The SMILES string of the molecule is CCC(C)C1NC2(C(=O)c3ccccc3C2=O)C(C(=O)c2nc3ccccc3[nH]2)C1c1cccc(Br)c1. The maximum atomic E-state index is 14.5. The molecule has 0 amide bonds. The van der Waals surface area contributed by atoms with E-state index >= 15 is 0 Å². The van der Waals surface area contributed by atoms with E-state index in [-0.39, 0.29) is 35.1 Å². The van der Waals surface area contributed by atoms with E-state index in [0.717, 1.165) is 22.0 Å². The monoisotopic (exact) mass is 555 g/mol. The first-order valence-corrected chi connectivity index (χ1v) is 13.4. The van der Waals surface area contributed by atoms with Gasteiger partial charge in [0.05, 0.1) is 17.0 Å². The van der Waals surface area contributed by atoms with Gasteiger partial charge in [0.25, 0.3) is 0 Å². The van der Waals surface area contributed by atoms with Crippen molar-refractivity contribution in [3.8, 4) is 0 Å². The molecule has 1 saturated heterocycles. The molecule has 1 fully saturated rings. The number of hydrogen-bond donors (Lipinski definition) is 2. The van der Waals surface area contributed by atoms with E-state index in [1.54, 1.807) is 24.3 Å². The molecule has 4 atom stereocenters. The fraction of sp³-hybridized carbons (Fsp3) is 0.267. The Morgan fingerprint density at radius 2 is 1.68 bits per heavy atom. The van der Waals surface area contributed by atoms with Crippen LogP contribution >= 0.6 is 15.9 Å². The second-order valence-corrected chi connectivity index (χ2v) is 11.0. The number of nitrogens with zero attached hydrogens (tertiary/aromatic N) is 1. The number of rotatable bonds is 5. The largest absolute Gasteiger partial charge is 0.335 e. The minimum atomic E-state index is -1.69. The van der Waals surface area contributed by atoms with Crippen LogP contribution in [-0.2, 0) is 0 Å². The van der Waals surface area contributed by atoms with Gasteiger partial charge >= 0.3 is 0 Å². The molecule has 186 valence electrons. The number of carbonyl (C=O) groups is 3. The summed E-state index contributed by atoms with van der Waals surface area (Å²) in [6, 6.07) is 21.8. The summed E-state index contributed by atoms with van der Waals surface area (Å²) in [5.41, 5.74) is 1.32. The first-order chi connectivity index (χ1) is 17.9. The Kier molecular flexibility index (Phi) is 5.73. The maximum absolute atomic E-state index is 14.5. The van der Waals surface area contributed by atoms with Crippen LogP contribution in [0.4, 0.5) is 0 Å². The zero-order valence-electron chi connectivity index (χ0n) is 20.5. The number of hydrogen-bond acceptors (Lipinski definition) is 5. The molecule has 6 nitrogen and oxygen atoms in total. The first-order valence-electron chi connectivity index (χ1n) is 12.6. The number of halogens is 1. The number of aromatic nitrogens is 2. The van der Waals surface area contributed by atoms with Gasteiger partial charge in [-0.1, -0.05) is 84.7 Å². The molecule has 6 rings (SSSR count). The van der Waals surface area contributed by atoms with Gasteiger partial charge in [-0.05, 0) is 35.7 Å². The maximum Gasteiger partial charge on any atom is 0.204 e. The molecule has 3 aromatic carbocycles. The van der Waals surface area contributed by atoms with Crippen molar-refractivity contribution in [2.24, 2.45) is 11.8 Å². The Morgan fingerprint density at radius 1 is 1.00 bits per heavy atom. The van der Waals surface area contributed by atoms with Gasteiger partial charge in [-0.15, -0.1) is 0 Å². The highest BCUT2D eigenvalue weighted by Crippen LogP contribution is 2.51. The van der Waals surface area contributed by atoms with Gasteiger partial charge < -0.3 is 4.98 Å². The van der Waals surface area contributed by atoms with Crippen molar-refractivity contribution < 1.29 is 14.4 Å². The number of Topliss-reactive ketones (excluding diaryl/α,β-unsaturated/α-hetero) is 3. The lowest BCUT2D eigenvalue weighted by atomic mass is 9.69. The van der Waals surface area contributed by atoms with Crippen molar-refractivity contribution >= 4 is 44.3 Å². The van der Waals surface area contributed by atoms with Gasteiger partial charge in [0, 0.05) is 27.6 Å². The summed E-state index contributed by atoms with van der Waals surface area (Å²) in [6.07, 6.45) is 0.819. The van der Waals surface area contributed by atoms with Gasteiger partial charge in [-0.2, -0.15) is 0 Å². The number of imidazole rings is 1. The third kappa shape index (κ3) is 3.48. The zero-order valence-corrected chi connectivity index (χ0v) is 22.1. The lowest BCUT2D eigenvalue weighted by Crippen LogP contribution is -2.58. The summed E-state index contributed by atoms with van der Waals surface area (Å²) >= 11 is 3.57. The quantitative estimate of drug-likeness (QED) is 0.242. The Balaban J connectivity index is 1.60. The zero-order chi connectivity index (χ0) is 25.9. The first kappa shape index (κ1) is 23.9. The highest BCUT2D eigenvalue weighted by molar-refractivity contribution is 9.10. The molecule has 37 heavy (non-hydrogen) atoms. The van der Waals surface area contributed by atoms with Crippen LogP contribution in [0.3, 0.4) is 0 Å². The van der Waals surface area contributed by atoms with Gasteiger partial charge in [0.1, 0.15) is 0 Å². The normalized spacial score (nSPS) is 23.1. The molecule has 0 saturated carbocycles. The Hall–Kier alpha value is -3.42. The van der Waals surface area contributed by atoms with E-state index in [4.69, 9.17) is 0 Å². The molecule has 1 spiro atoms. The van der Waals surface area contributed by atoms with Crippen molar-refractivity contribution in [1.29, 1.82) is 0 Å². The van der Waals surface area contributed by atoms with E-state index in [1.807, 2.05) is 48.5 Å². The van der Waals surface area contributed by atoms with Gasteiger partial charge in [-0.25, -0.2) is 4.98 Å². The van der Waals surface area contributed by atoms with Crippen LogP contribution in [0.25, 0.3) is 11.0 Å². The van der Waals surface area contributed by atoms with Crippen LogP contribution in [0.2, 0.25) is 0 Å². The number of para-hydroxylation sites is 2. The third-order valence-electron chi connectivity index (χ3n) is 8.14. The van der Waals surface area contributed by atoms with Crippen molar-refractivity contribution in [2.45, 2.75) is 37.8 Å². The number of fused-ring (bicyclic) bond motifs is 2. The van der Waals surface area contributed by atoms with Crippen LogP contribution in [-0.4, -0.2) is 38.9 Å². The smallest absolute Gasteiger partial charge is 0.204 e. The average molecular weight is 556 g/mol. The van der Waals surface area contributed by atoms with Crippen molar-refractivity contribution in [3.63, 3.8) is 0 Å². The van der Waals surface area contributed by atoms with Crippen LogP contribution < -0.4 is 5.32 Å². The molecule has 0 bridgehead atoms. The lowest BCUT2D eigenvalue weighted by Gasteiger charge is -2.29. The minimum Gasteiger partial charge on any atom is -0.335 e. The predicted molar refractivity (Wildman–Crippen MR) is 145 cm³/mol. The number of H-pyrrole nitrogens is 1. The number of nitrogens with one attached hydrogen (secondary N) is 2. The summed E-state index contributed by atoms with van der Waals surface area (Å²) in [4.78, 5) is 50.6. The minimum absolute atomic E-state index is 0.0960. The molecule has 1 aliphatic carbocycles. The number of benzene rings is 3. The average Bonchev–Trinajstić information content (AvgIpc) is 3.57. The molecule has 4 aromatic rings. The summed E-state index contributed by atoms with van der Waals surface area (Å²) in [5, 5.41) is 3.49. The molecule has 7 heteroatoms. The molecule has 4 unspecified atom stereocenters. The highest BCUT2D eigenvalue weighted by Gasteiger charge is 2.68. The van der Waals surface area contributed by atoms with E-state index < -0.39 is 17.4 Å². The van der Waals surface area contributed by atoms with Crippen LogP contribution in [0.5, 0.6) is 0 Å². The van der Waals surface area contributed by atoms with Gasteiger partial charge in [0.2, 0.25) is 5.78 Å². The van der Waals surface area contributed by atoms with Crippen LogP contribution in [0.1, 0.15) is 63.1 Å². The molecule has 2 N–H and O–H groups in total. The topological polar surface area (TPSA) is 91.9 Å². The highest BCUT2D eigenvalue weighted by atomic mass is 79.9. The molecule has 2 aliphatic rings. The second kappa shape index (κ2) is 8.85. The van der Waals surface area contributed by atoms with E-state index in [9.17, 15) is 14.4 Å². The summed E-state index contributed by atoms with van der Waals surface area (Å²) in [5.74, 6) is -2.16. The van der Waals surface area contributed by atoms with E-state index in [2.05, 4.69) is 45.1 Å². The fourth-order valence-electron chi connectivity index (χ4n) is 6.18. The fourth-order valence-corrected chi connectivity index (χ4v) is 6.60. The summed E-state index contributed by atoms with van der Waals surface area (Å²) in [6.45, 7) is 4.18. The van der Waals surface area contributed by atoms with E-state index in [1.165, 1.54) is 0 Å². The molecule has 1 aromatic heterocycles. The molecular formula is C30H26BrN3O3. The van der Waals surface area contributed by atoms with Crippen LogP contribution in [0, 0.1) is 11.8 Å². The third-order valence-corrected chi connectivity index (χ3v) is 8.63. The second-order valence-electron chi connectivity index (χ2n) is 10.1. The lowest BCUT2D eigenvalue weighted by molar-refractivity contribution is 0.0652. The molecular weight excluding hydrogens is 530 g/mol. The number of aromatic amines is 1. The van der Waals surface area contributed by atoms with Gasteiger partial charge in [-0.3, -0.25) is 19.7 Å². The Labute approximate surface area is 223 Å². The van der Waals surface area contributed by atoms with Crippen molar-refractivity contribution in [3.05, 3.63) is 99.8 Å². The number of ketones is 3. The van der Waals surface area contributed by atoms with Crippen LogP contribution in [0.15, 0.2) is 77.3 Å². The Morgan fingerprint density at radius 3 is 2.32 bits per heavy atom. The number of carbonyl (C=O) groups excluding carboxylic acids is 3. The summed E-state index contributed by atoms with van der Waals surface area (Å²) in [7, 11) is 0. The van der Waals surface area contributed by atoms with Crippen molar-refractivity contribution in [2.75, 3.05) is 0 Å². The van der Waals surface area contributed by atoms with Gasteiger partial charge in [0.15, 0.2) is 22.9 Å².